The quantitative estimate of drug-likeness (QED) is 0.291. The summed E-state index contributed by atoms with van der Waals surface area (Å²) in [4.78, 5) is 16.9. The summed E-state index contributed by atoms with van der Waals surface area (Å²) in [7, 11) is 1.91. The number of nitrogens with one attached hydrogen (secondary N) is 1. The highest BCUT2D eigenvalue weighted by molar-refractivity contribution is 5.97. The zero-order valence-corrected chi connectivity index (χ0v) is 20.2. The van der Waals surface area contributed by atoms with Crippen molar-refractivity contribution >= 4 is 34.0 Å². The van der Waals surface area contributed by atoms with Crippen molar-refractivity contribution in [1.82, 2.24) is 33.8 Å². The molecule has 0 unspecified atom stereocenters. The van der Waals surface area contributed by atoms with Crippen molar-refractivity contribution in [1.29, 1.82) is 5.41 Å². The molecule has 4 aromatic heterocycles. The minimum absolute atomic E-state index is 0. The van der Waals surface area contributed by atoms with E-state index in [-0.39, 0.29) is 31.4 Å². The van der Waals surface area contributed by atoms with Crippen LogP contribution >= 0.6 is 0 Å². The van der Waals surface area contributed by atoms with E-state index in [9.17, 15) is 5.21 Å². The average molecular weight is 485 g/mol. The molecule has 0 atom stereocenters. The molecule has 35 heavy (non-hydrogen) atoms. The van der Waals surface area contributed by atoms with Crippen molar-refractivity contribution in [3.8, 4) is 0 Å². The lowest BCUT2D eigenvalue weighted by Crippen LogP contribution is -2.49. The highest BCUT2D eigenvalue weighted by atomic mass is 16.5. The van der Waals surface area contributed by atoms with Crippen LogP contribution in [0.4, 0.5) is 5.82 Å². The van der Waals surface area contributed by atoms with Crippen LogP contribution in [0.15, 0.2) is 30.4 Å². The molecule has 0 radical (unpaired) electrons. The van der Waals surface area contributed by atoms with Gasteiger partial charge in [-0.2, -0.15) is 9.71 Å². The maximum absolute atomic E-state index is 9.25. The van der Waals surface area contributed by atoms with Gasteiger partial charge in [0.2, 0.25) is 5.52 Å². The SMILES string of the molecule is C.C.CC(C)(C)n1cnc2c(=N)n(O)cnc21.CC1=NN(C)c2ncnc3c2n1c[n+]3C(C)(C)C. The summed E-state index contributed by atoms with van der Waals surface area (Å²) in [6, 6.07) is 0. The summed E-state index contributed by atoms with van der Waals surface area (Å²) >= 11 is 0. The first-order valence-electron chi connectivity index (χ1n) is 10.6. The Bertz CT molecular complexity index is 1440. The van der Waals surface area contributed by atoms with Crippen molar-refractivity contribution in [2.24, 2.45) is 5.10 Å². The van der Waals surface area contributed by atoms with Crippen LogP contribution in [0.25, 0.3) is 22.3 Å². The molecule has 1 aliphatic rings. The Morgan fingerprint density at radius 1 is 0.971 bits per heavy atom. The van der Waals surface area contributed by atoms with Crippen LogP contribution in [-0.2, 0) is 11.1 Å². The van der Waals surface area contributed by atoms with Crippen LogP contribution < -0.4 is 15.1 Å². The number of hydrogen-bond acceptors (Lipinski definition) is 8. The Labute approximate surface area is 205 Å². The molecule has 12 heteroatoms. The molecule has 12 nitrogen and oxygen atoms in total. The summed E-state index contributed by atoms with van der Waals surface area (Å²) in [6.45, 7) is 14.5. The molecule has 0 saturated carbocycles. The Kier molecular flexibility index (Phi) is 7.11. The fourth-order valence-corrected chi connectivity index (χ4v) is 3.66. The zero-order chi connectivity index (χ0) is 24.3. The van der Waals surface area contributed by atoms with E-state index in [1.165, 1.54) is 6.33 Å². The topological polar surface area (TPSA) is 130 Å². The summed E-state index contributed by atoms with van der Waals surface area (Å²) in [5, 5.41) is 23.1. The third-order valence-electron chi connectivity index (χ3n) is 5.36. The van der Waals surface area contributed by atoms with E-state index in [0.717, 1.165) is 22.8 Å². The van der Waals surface area contributed by atoms with Gasteiger partial charge in [0.25, 0.3) is 0 Å². The van der Waals surface area contributed by atoms with Crippen molar-refractivity contribution in [3.05, 3.63) is 30.8 Å². The predicted molar refractivity (Wildman–Crippen MR) is 137 cm³/mol. The molecule has 2 N–H and O–H groups in total. The van der Waals surface area contributed by atoms with Gasteiger partial charge in [-0.25, -0.2) is 24.1 Å². The number of imidazole rings is 2. The van der Waals surface area contributed by atoms with Gasteiger partial charge in [-0.3, -0.25) is 5.41 Å². The minimum atomic E-state index is -0.143. The van der Waals surface area contributed by atoms with E-state index < -0.39 is 0 Å². The van der Waals surface area contributed by atoms with Crippen LogP contribution in [0.1, 0.15) is 63.3 Å². The van der Waals surface area contributed by atoms with Gasteiger partial charge in [-0.1, -0.05) is 19.8 Å². The van der Waals surface area contributed by atoms with Crippen molar-refractivity contribution in [3.63, 3.8) is 0 Å². The third kappa shape index (κ3) is 4.60. The number of rotatable bonds is 0. The van der Waals surface area contributed by atoms with Gasteiger partial charge in [0.05, 0.1) is 11.9 Å². The molecule has 5 heterocycles. The van der Waals surface area contributed by atoms with Crippen LogP contribution in [0.2, 0.25) is 0 Å². The first-order chi connectivity index (χ1) is 15.3. The number of aromatic nitrogens is 8. The summed E-state index contributed by atoms with van der Waals surface area (Å²) in [5.41, 5.74) is 2.74. The first-order valence-corrected chi connectivity index (χ1v) is 10.6. The summed E-state index contributed by atoms with van der Waals surface area (Å²) in [6.07, 6.45) is 6.48. The van der Waals surface area contributed by atoms with E-state index in [1.807, 2.05) is 39.3 Å². The second-order valence-electron chi connectivity index (χ2n) is 9.96. The smallest absolute Gasteiger partial charge is 0.308 e. The number of nitrogens with zero attached hydrogens (tertiary/aromatic N) is 10. The van der Waals surface area contributed by atoms with Crippen LogP contribution in [0, 0.1) is 5.41 Å². The Morgan fingerprint density at radius 3 is 2.23 bits per heavy atom. The molecule has 0 aliphatic carbocycles. The maximum atomic E-state index is 9.25. The Balaban J connectivity index is 0.000000237. The molecule has 0 saturated heterocycles. The maximum Gasteiger partial charge on any atom is 0.308 e. The van der Waals surface area contributed by atoms with Crippen molar-refractivity contribution in [2.75, 3.05) is 12.1 Å². The molecule has 5 rings (SSSR count). The normalized spacial score (nSPS) is 13.0. The standard InChI is InChI=1S/C12H17N6.C9H13N5O.2CH4/c1-8-15-16(5)10-9-11(14-6-13-10)18(7-17(8)9)12(2,3)4;1-9(2,3)13-4-11-6-7(10)14(15)5-12-8(6)13;;/h6-7H,1-5H3;4-5,10,15H,1-3H3;2*1H4/q+1;;;. The molecular formula is C23H38N11O+. The molecule has 1 aliphatic heterocycles. The lowest BCUT2D eigenvalue weighted by atomic mass is 10.1. The number of anilines is 1. The molecule has 0 spiro atoms. The second kappa shape index (κ2) is 9.08. The fraction of sp³-hybridized carbons (Fsp3) is 0.522. The van der Waals surface area contributed by atoms with E-state index >= 15 is 0 Å². The summed E-state index contributed by atoms with van der Waals surface area (Å²) in [5.74, 6) is 1.77. The fourth-order valence-electron chi connectivity index (χ4n) is 3.66. The highest BCUT2D eigenvalue weighted by Gasteiger charge is 2.32. The second-order valence-corrected chi connectivity index (χ2v) is 9.96. The molecule has 0 bridgehead atoms. The van der Waals surface area contributed by atoms with Gasteiger partial charge in [0.15, 0.2) is 41.0 Å². The van der Waals surface area contributed by atoms with Crippen LogP contribution in [0.3, 0.4) is 0 Å². The average Bonchev–Trinajstić information content (AvgIpc) is 3.32. The van der Waals surface area contributed by atoms with Gasteiger partial charge in [0.1, 0.15) is 6.33 Å². The van der Waals surface area contributed by atoms with E-state index in [0.29, 0.717) is 15.9 Å². The van der Waals surface area contributed by atoms with Gasteiger partial charge in [-0.05, 0) is 41.5 Å². The molecular weight excluding hydrogens is 446 g/mol. The van der Waals surface area contributed by atoms with Crippen LogP contribution in [0.5, 0.6) is 0 Å². The largest absolute Gasteiger partial charge is 0.425 e. The van der Waals surface area contributed by atoms with Crippen LogP contribution in [-0.4, -0.2) is 51.9 Å². The lowest BCUT2D eigenvalue weighted by molar-refractivity contribution is -0.732. The molecule has 0 aromatic carbocycles. The Morgan fingerprint density at radius 2 is 1.63 bits per heavy atom. The lowest BCUT2D eigenvalue weighted by Gasteiger charge is -2.20. The molecule has 0 amide bonds. The van der Waals surface area contributed by atoms with E-state index in [2.05, 4.69) is 61.3 Å². The monoisotopic (exact) mass is 484 g/mol. The van der Waals surface area contributed by atoms with Gasteiger partial charge < -0.3 is 9.77 Å². The van der Waals surface area contributed by atoms with E-state index in [1.54, 1.807) is 17.7 Å². The van der Waals surface area contributed by atoms with Gasteiger partial charge in [0, 0.05) is 19.5 Å². The minimum Gasteiger partial charge on any atom is -0.425 e. The van der Waals surface area contributed by atoms with Gasteiger partial charge >= 0.3 is 5.65 Å². The number of hydrazone groups is 1. The molecule has 0 fully saturated rings. The summed E-state index contributed by atoms with van der Waals surface area (Å²) < 4.78 is 6.74. The predicted octanol–water partition coefficient (Wildman–Crippen LogP) is 3.08. The van der Waals surface area contributed by atoms with E-state index in [4.69, 9.17) is 5.41 Å². The zero-order valence-electron chi connectivity index (χ0n) is 20.2. The molecule has 4 aromatic rings. The third-order valence-corrected chi connectivity index (χ3v) is 5.36. The molecule has 190 valence electrons. The van der Waals surface area contributed by atoms with Gasteiger partial charge in [-0.15, -0.1) is 5.10 Å². The highest BCUT2D eigenvalue weighted by Crippen LogP contribution is 2.25. The first kappa shape index (κ1) is 27.4. The number of fused-ring (bicyclic) bond motifs is 1. The Hall–Kier alpha value is -3.83. The van der Waals surface area contributed by atoms with Crippen molar-refractivity contribution in [2.45, 2.75) is 74.4 Å². The number of hydrogen-bond donors (Lipinski definition) is 2. The van der Waals surface area contributed by atoms with Crippen molar-refractivity contribution < 1.29 is 9.77 Å².